The Morgan fingerprint density at radius 3 is 2.57 bits per heavy atom. The van der Waals surface area contributed by atoms with E-state index in [0.717, 1.165) is 41.9 Å². The highest BCUT2D eigenvalue weighted by Crippen LogP contribution is 2.50. The van der Waals surface area contributed by atoms with Crippen LogP contribution in [0.5, 0.6) is 0 Å². The zero-order valence-corrected chi connectivity index (χ0v) is 16.3. The number of hydrogen-bond acceptors (Lipinski definition) is 4. The minimum Gasteiger partial charge on any atom is -0.450 e. The maximum Gasteiger partial charge on any atom is 0.332 e. The lowest BCUT2D eigenvalue weighted by molar-refractivity contribution is -0.145. The summed E-state index contributed by atoms with van der Waals surface area (Å²) >= 11 is 0. The molecule has 0 radical (unpaired) electrons. The van der Waals surface area contributed by atoms with Crippen LogP contribution in [0.3, 0.4) is 0 Å². The van der Waals surface area contributed by atoms with Crippen molar-refractivity contribution in [1.29, 1.82) is 0 Å². The summed E-state index contributed by atoms with van der Waals surface area (Å²) in [5.41, 5.74) is 5.28. The molecule has 5 rings (SSSR count). The second-order valence-corrected chi connectivity index (χ2v) is 8.16. The number of carbonyl (C=O) groups excluding carboxylic acids is 1. The van der Waals surface area contributed by atoms with E-state index in [9.17, 15) is 4.79 Å². The first-order chi connectivity index (χ1) is 13.5. The Bertz CT molecular complexity index is 975. The Balaban J connectivity index is 1.51. The van der Waals surface area contributed by atoms with E-state index in [-0.39, 0.29) is 12.0 Å². The SMILES string of the molecule is CN(C)c1ccc(C2=C[C@@H]3C[C@]4(CN3Cc3ccccc3)OC(=O)C=C24)cc1. The molecule has 0 unspecified atom stereocenters. The average molecular weight is 372 g/mol. The number of esters is 1. The molecule has 1 spiro atoms. The first-order valence-electron chi connectivity index (χ1n) is 9.77. The van der Waals surface area contributed by atoms with Gasteiger partial charge in [0.15, 0.2) is 5.60 Å². The molecule has 28 heavy (non-hydrogen) atoms. The van der Waals surface area contributed by atoms with Crippen molar-refractivity contribution in [1.82, 2.24) is 4.90 Å². The van der Waals surface area contributed by atoms with Crippen molar-refractivity contribution >= 4 is 17.2 Å². The van der Waals surface area contributed by atoms with Crippen LogP contribution in [0, 0.1) is 0 Å². The minimum absolute atomic E-state index is 0.215. The summed E-state index contributed by atoms with van der Waals surface area (Å²) in [4.78, 5) is 16.8. The van der Waals surface area contributed by atoms with E-state index < -0.39 is 5.60 Å². The molecule has 142 valence electrons. The molecule has 2 aromatic rings. The van der Waals surface area contributed by atoms with Gasteiger partial charge in [0.1, 0.15) is 0 Å². The molecule has 0 aromatic heterocycles. The number of benzene rings is 2. The molecule has 2 aromatic carbocycles. The largest absolute Gasteiger partial charge is 0.450 e. The third kappa shape index (κ3) is 2.76. The van der Waals surface area contributed by atoms with Gasteiger partial charge >= 0.3 is 5.97 Å². The molecule has 2 atom stereocenters. The van der Waals surface area contributed by atoms with Crippen molar-refractivity contribution in [3.05, 3.63) is 83.4 Å². The topological polar surface area (TPSA) is 32.8 Å². The molecule has 1 saturated heterocycles. The monoisotopic (exact) mass is 372 g/mol. The number of likely N-dealkylation sites (tertiary alicyclic amines) is 1. The Morgan fingerprint density at radius 2 is 1.86 bits per heavy atom. The standard InChI is InChI=1S/C24H24N2O2/c1-25(2)19-10-8-18(9-11-19)21-12-20-14-24(22(21)13-23(27)28-24)16-26(20)15-17-6-4-3-5-7-17/h3-13,20H,14-16H2,1-2H3/t20-,24-/m1/s1. The Labute approximate surface area is 165 Å². The Morgan fingerprint density at radius 1 is 1.11 bits per heavy atom. The third-order valence-electron chi connectivity index (χ3n) is 6.09. The van der Waals surface area contributed by atoms with E-state index in [1.807, 2.05) is 20.2 Å². The maximum absolute atomic E-state index is 12.2. The summed E-state index contributed by atoms with van der Waals surface area (Å²) < 4.78 is 5.90. The van der Waals surface area contributed by atoms with Gasteiger partial charge in [-0.15, -0.1) is 0 Å². The number of rotatable bonds is 4. The number of hydrogen-bond donors (Lipinski definition) is 0. The number of fused-ring (bicyclic) bond motifs is 1. The van der Waals surface area contributed by atoms with Gasteiger partial charge in [-0.2, -0.15) is 0 Å². The quantitative estimate of drug-likeness (QED) is 0.767. The fraction of sp³-hybridized carbons (Fsp3) is 0.292. The molecule has 0 amide bonds. The summed E-state index contributed by atoms with van der Waals surface area (Å²) in [6, 6.07) is 19.3. The zero-order valence-electron chi connectivity index (χ0n) is 16.3. The van der Waals surface area contributed by atoms with Crippen LogP contribution in [0.2, 0.25) is 0 Å². The normalized spacial score (nSPS) is 25.8. The van der Waals surface area contributed by atoms with Crippen LogP contribution in [0.4, 0.5) is 5.69 Å². The van der Waals surface area contributed by atoms with Gasteiger partial charge in [0.25, 0.3) is 0 Å². The molecule has 1 aliphatic carbocycles. The Hall–Kier alpha value is -2.85. The molecule has 3 aliphatic rings. The van der Waals surface area contributed by atoms with Gasteiger partial charge in [-0.25, -0.2) is 4.79 Å². The second-order valence-electron chi connectivity index (χ2n) is 8.16. The van der Waals surface area contributed by atoms with Crippen LogP contribution in [0.1, 0.15) is 17.5 Å². The van der Waals surface area contributed by atoms with Crippen molar-refractivity contribution in [2.24, 2.45) is 0 Å². The van der Waals surface area contributed by atoms with Crippen molar-refractivity contribution in [2.45, 2.75) is 24.6 Å². The van der Waals surface area contributed by atoms with Crippen molar-refractivity contribution in [3.8, 4) is 0 Å². The highest BCUT2D eigenvalue weighted by molar-refractivity contribution is 5.97. The van der Waals surface area contributed by atoms with E-state index in [2.05, 4.69) is 64.4 Å². The number of anilines is 1. The first-order valence-corrected chi connectivity index (χ1v) is 9.77. The fourth-order valence-corrected chi connectivity index (χ4v) is 4.72. The van der Waals surface area contributed by atoms with Crippen molar-refractivity contribution < 1.29 is 9.53 Å². The molecular weight excluding hydrogens is 348 g/mol. The van der Waals surface area contributed by atoms with Crippen LogP contribution < -0.4 is 4.90 Å². The number of carbonyl (C=O) groups is 1. The summed E-state index contributed by atoms with van der Waals surface area (Å²) in [6.45, 7) is 1.61. The second kappa shape index (κ2) is 6.35. The number of nitrogens with zero attached hydrogens (tertiary/aromatic N) is 2. The van der Waals surface area contributed by atoms with E-state index in [4.69, 9.17) is 4.74 Å². The summed E-state index contributed by atoms with van der Waals surface area (Å²) in [7, 11) is 4.08. The lowest BCUT2D eigenvalue weighted by atomic mass is 9.79. The fourth-order valence-electron chi connectivity index (χ4n) is 4.72. The predicted octanol–water partition coefficient (Wildman–Crippen LogP) is 3.65. The van der Waals surface area contributed by atoms with Gasteiger partial charge in [0.05, 0.1) is 0 Å². The van der Waals surface area contributed by atoms with Crippen molar-refractivity contribution in [3.63, 3.8) is 0 Å². The molecule has 2 bridgehead atoms. The van der Waals surface area contributed by atoms with Crippen LogP contribution in [0.15, 0.2) is 72.3 Å². The third-order valence-corrected chi connectivity index (χ3v) is 6.09. The summed E-state index contributed by atoms with van der Waals surface area (Å²) in [6.07, 6.45) is 4.87. The van der Waals surface area contributed by atoms with Gasteiger partial charge in [0, 0.05) is 57.0 Å². The highest BCUT2D eigenvalue weighted by atomic mass is 16.6. The van der Waals surface area contributed by atoms with Crippen molar-refractivity contribution in [2.75, 3.05) is 25.5 Å². The van der Waals surface area contributed by atoms with E-state index in [0.29, 0.717) is 0 Å². The van der Waals surface area contributed by atoms with Crippen LogP contribution in [-0.4, -0.2) is 43.2 Å². The van der Waals surface area contributed by atoms with Gasteiger partial charge in [-0.3, -0.25) is 4.90 Å². The molecule has 2 heterocycles. The molecule has 0 N–H and O–H groups in total. The van der Waals surface area contributed by atoms with E-state index in [1.165, 1.54) is 5.56 Å². The van der Waals surface area contributed by atoms with Gasteiger partial charge in [0.2, 0.25) is 0 Å². The van der Waals surface area contributed by atoms with E-state index >= 15 is 0 Å². The average Bonchev–Trinajstić information content (AvgIpc) is 3.17. The zero-order chi connectivity index (χ0) is 19.3. The smallest absolute Gasteiger partial charge is 0.332 e. The minimum atomic E-state index is -0.499. The lowest BCUT2D eigenvalue weighted by Crippen LogP contribution is -2.36. The van der Waals surface area contributed by atoms with Crippen LogP contribution in [-0.2, 0) is 16.1 Å². The van der Waals surface area contributed by atoms with Gasteiger partial charge < -0.3 is 9.64 Å². The van der Waals surface area contributed by atoms with E-state index in [1.54, 1.807) is 6.08 Å². The molecule has 2 aliphatic heterocycles. The Kier molecular flexibility index (Phi) is 3.91. The van der Waals surface area contributed by atoms with Gasteiger partial charge in [-0.1, -0.05) is 48.5 Å². The summed E-state index contributed by atoms with van der Waals surface area (Å²) in [5.74, 6) is -0.215. The van der Waals surface area contributed by atoms with Crippen LogP contribution in [0.25, 0.3) is 5.57 Å². The molecule has 0 saturated carbocycles. The maximum atomic E-state index is 12.2. The lowest BCUT2D eigenvalue weighted by Gasteiger charge is -2.30. The predicted molar refractivity (Wildman–Crippen MR) is 111 cm³/mol. The summed E-state index contributed by atoms with van der Waals surface area (Å²) in [5, 5.41) is 0. The molecule has 4 heteroatoms. The van der Waals surface area contributed by atoms with Crippen LogP contribution >= 0.6 is 0 Å². The number of ether oxygens (including phenoxy) is 1. The van der Waals surface area contributed by atoms with Gasteiger partial charge in [-0.05, 0) is 28.8 Å². The highest BCUT2D eigenvalue weighted by Gasteiger charge is 2.55. The molecule has 4 nitrogen and oxygen atoms in total. The first kappa shape index (κ1) is 17.3. The molecular formula is C24H24N2O2. The molecule has 1 fully saturated rings.